The third-order valence-electron chi connectivity index (χ3n) is 4.44. The van der Waals surface area contributed by atoms with Gasteiger partial charge in [0, 0.05) is 24.7 Å². The fourth-order valence-electron chi connectivity index (χ4n) is 3.00. The van der Waals surface area contributed by atoms with Crippen LogP contribution in [0.15, 0.2) is 59.7 Å². The number of nitrogens with zero attached hydrogens (tertiary/aromatic N) is 3. The summed E-state index contributed by atoms with van der Waals surface area (Å²) in [6.45, 7) is 0. The van der Waals surface area contributed by atoms with Crippen LogP contribution in [-0.2, 0) is 0 Å². The molecule has 4 aromatic rings. The lowest BCUT2D eigenvalue weighted by Gasteiger charge is -2.12. The maximum absolute atomic E-state index is 13.9. The highest BCUT2D eigenvalue weighted by Gasteiger charge is 2.19. The van der Waals surface area contributed by atoms with E-state index in [1.54, 1.807) is 12.1 Å². The Labute approximate surface area is 178 Å². The molecule has 0 bridgehead atoms. The second kappa shape index (κ2) is 8.11. The number of amides is 1. The fraction of sp³-hybridized carbons (Fsp3) is 0.0476. The molecule has 0 saturated heterocycles. The predicted molar refractivity (Wildman–Crippen MR) is 110 cm³/mol. The monoisotopic (exact) mass is 442 g/mol. The smallest absolute Gasteiger partial charge is 0.281 e. The Morgan fingerprint density at radius 3 is 2.71 bits per heavy atom. The minimum absolute atomic E-state index is 0.0142. The van der Waals surface area contributed by atoms with Crippen LogP contribution in [0.5, 0.6) is 11.6 Å². The van der Waals surface area contributed by atoms with Crippen molar-refractivity contribution in [3.8, 4) is 22.8 Å². The van der Waals surface area contributed by atoms with Crippen LogP contribution in [-0.4, -0.2) is 27.6 Å². The maximum atomic E-state index is 13.9. The van der Waals surface area contributed by atoms with Crippen LogP contribution in [0, 0.1) is 11.6 Å². The van der Waals surface area contributed by atoms with Crippen LogP contribution in [0.1, 0.15) is 10.4 Å². The van der Waals surface area contributed by atoms with Gasteiger partial charge >= 0.3 is 0 Å². The van der Waals surface area contributed by atoms with Crippen molar-refractivity contribution in [3.63, 3.8) is 0 Å². The molecular weight excluding hydrogens is 430 g/mol. The first-order valence-corrected chi connectivity index (χ1v) is 9.29. The van der Waals surface area contributed by atoms with Gasteiger partial charge in [-0.25, -0.2) is 13.3 Å². The van der Waals surface area contributed by atoms with Crippen LogP contribution in [0.25, 0.3) is 16.6 Å². The zero-order valence-corrected chi connectivity index (χ0v) is 16.7. The molecule has 156 valence electrons. The minimum atomic E-state index is -0.890. The van der Waals surface area contributed by atoms with E-state index in [0.717, 1.165) is 12.1 Å². The van der Waals surface area contributed by atoms with Gasteiger partial charge < -0.3 is 10.1 Å². The van der Waals surface area contributed by atoms with Gasteiger partial charge in [0.25, 0.3) is 11.5 Å². The average Bonchev–Trinajstić information content (AvgIpc) is 2.76. The summed E-state index contributed by atoms with van der Waals surface area (Å²) in [5.41, 5.74) is 0.394. The molecule has 2 heterocycles. The van der Waals surface area contributed by atoms with Crippen molar-refractivity contribution in [2.45, 2.75) is 0 Å². The molecule has 1 N–H and O–H groups in total. The number of hydrogen-bond donors (Lipinski definition) is 1. The molecule has 7 nitrogen and oxygen atoms in total. The lowest BCUT2D eigenvalue weighted by Crippen LogP contribution is -2.19. The third-order valence-corrected chi connectivity index (χ3v) is 4.85. The van der Waals surface area contributed by atoms with Crippen LogP contribution in [0.4, 0.5) is 8.78 Å². The van der Waals surface area contributed by atoms with Gasteiger partial charge in [-0.15, -0.1) is 5.10 Å². The van der Waals surface area contributed by atoms with Crippen molar-refractivity contribution < 1.29 is 18.3 Å². The van der Waals surface area contributed by atoms with Crippen molar-refractivity contribution in [1.29, 1.82) is 0 Å². The highest BCUT2D eigenvalue weighted by Crippen LogP contribution is 2.32. The molecule has 10 heteroatoms. The lowest BCUT2D eigenvalue weighted by molar-refractivity contribution is 0.0963. The third kappa shape index (κ3) is 3.82. The van der Waals surface area contributed by atoms with Crippen LogP contribution in [0.3, 0.4) is 0 Å². The highest BCUT2D eigenvalue weighted by molar-refractivity contribution is 6.36. The van der Waals surface area contributed by atoms with Gasteiger partial charge in [0.1, 0.15) is 12.1 Å². The van der Waals surface area contributed by atoms with Gasteiger partial charge in [-0.1, -0.05) is 23.7 Å². The molecule has 0 aliphatic carbocycles. The molecule has 0 spiro atoms. The Kier molecular flexibility index (Phi) is 5.35. The fourth-order valence-corrected chi connectivity index (χ4v) is 3.31. The number of benzene rings is 2. The Balaban J connectivity index is 1.82. The van der Waals surface area contributed by atoms with Crippen LogP contribution >= 0.6 is 11.6 Å². The Hall–Kier alpha value is -3.85. The van der Waals surface area contributed by atoms with Gasteiger partial charge in [-0.2, -0.15) is 4.98 Å². The number of rotatable bonds is 4. The van der Waals surface area contributed by atoms with E-state index in [0.29, 0.717) is 17.1 Å². The van der Waals surface area contributed by atoms with Crippen molar-refractivity contribution >= 4 is 23.0 Å². The normalized spacial score (nSPS) is 10.8. The number of aromatic nitrogens is 3. The van der Waals surface area contributed by atoms with Crippen molar-refractivity contribution in [2.75, 3.05) is 7.05 Å². The van der Waals surface area contributed by atoms with Crippen LogP contribution in [0.2, 0.25) is 5.02 Å². The molecule has 0 aliphatic heterocycles. The minimum Gasteiger partial charge on any atom is -0.434 e. The summed E-state index contributed by atoms with van der Waals surface area (Å²) in [7, 11) is 1.47. The number of carbonyl (C=O) groups is 1. The Morgan fingerprint density at radius 1 is 1.16 bits per heavy atom. The molecule has 2 aromatic carbocycles. The zero-order valence-electron chi connectivity index (χ0n) is 15.9. The molecule has 0 radical (unpaired) electrons. The number of halogens is 3. The van der Waals surface area contributed by atoms with Gasteiger partial charge in [-0.05, 0) is 24.3 Å². The first-order chi connectivity index (χ1) is 14.9. The number of ether oxygens (including phenoxy) is 1. The van der Waals surface area contributed by atoms with Crippen molar-refractivity contribution in [3.05, 3.63) is 87.4 Å². The topological polar surface area (TPSA) is 85.6 Å². The molecule has 31 heavy (non-hydrogen) atoms. The quantitative estimate of drug-likeness (QED) is 0.519. The van der Waals surface area contributed by atoms with Gasteiger partial charge in [0.2, 0.25) is 5.88 Å². The largest absolute Gasteiger partial charge is 0.434 e. The van der Waals surface area contributed by atoms with E-state index in [1.807, 2.05) is 0 Å². The van der Waals surface area contributed by atoms with Crippen molar-refractivity contribution in [2.24, 2.45) is 0 Å². The second-order valence-corrected chi connectivity index (χ2v) is 6.73. The van der Waals surface area contributed by atoms with E-state index >= 15 is 0 Å². The molecule has 0 saturated carbocycles. The zero-order chi connectivity index (χ0) is 22.1. The molecule has 0 fully saturated rings. The maximum Gasteiger partial charge on any atom is 0.281 e. The lowest BCUT2D eigenvalue weighted by atomic mass is 10.0. The number of fused-ring (bicyclic) bond motifs is 1. The van der Waals surface area contributed by atoms with E-state index in [-0.39, 0.29) is 27.8 Å². The number of hydrogen-bond acceptors (Lipinski definition) is 5. The summed E-state index contributed by atoms with van der Waals surface area (Å²) < 4.78 is 33.6. The number of carbonyl (C=O) groups excluding carboxylic acids is 1. The van der Waals surface area contributed by atoms with E-state index < -0.39 is 23.1 Å². The summed E-state index contributed by atoms with van der Waals surface area (Å²) in [6.07, 6.45) is 1.17. The summed E-state index contributed by atoms with van der Waals surface area (Å²) in [4.78, 5) is 28.4. The summed E-state index contributed by atoms with van der Waals surface area (Å²) in [5.74, 6) is -2.27. The van der Waals surface area contributed by atoms with E-state index in [4.69, 9.17) is 16.3 Å². The van der Waals surface area contributed by atoms with E-state index in [9.17, 15) is 18.4 Å². The first-order valence-electron chi connectivity index (χ1n) is 8.91. The molecule has 0 unspecified atom stereocenters. The number of nitrogens with one attached hydrogen (secondary N) is 1. The summed E-state index contributed by atoms with van der Waals surface area (Å²) in [5, 5.41) is 6.75. The second-order valence-electron chi connectivity index (χ2n) is 6.35. The SMILES string of the molecule is CNC(=O)c1cccc(-c2c(=O)ncn3nc(Oc4ccc(F)cc4F)ccc23)c1Cl. The average molecular weight is 443 g/mol. The van der Waals surface area contributed by atoms with Gasteiger partial charge in [0.05, 0.1) is 21.7 Å². The molecule has 4 rings (SSSR count). The van der Waals surface area contributed by atoms with Crippen molar-refractivity contribution in [1.82, 2.24) is 19.9 Å². The van der Waals surface area contributed by atoms with E-state index in [2.05, 4.69) is 15.4 Å². The Bertz CT molecular complexity index is 1390. The molecule has 0 atom stereocenters. The predicted octanol–water partition coefficient (Wildman–Crippen LogP) is 3.84. The van der Waals surface area contributed by atoms with Crippen LogP contribution < -0.4 is 15.6 Å². The Morgan fingerprint density at radius 2 is 1.97 bits per heavy atom. The summed E-state index contributed by atoms with van der Waals surface area (Å²) >= 11 is 6.40. The molecule has 2 aromatic heterocycles. The molecule has 1 amide bonds. The molecular formula is C21H13ClF2N4O3. The highest BCUT2D eigenvalue weighted by atomic mass is 35.5. The first kappa shape index (κ1) is 20.4. The van der Waals surface area contributed by atoms with Gasteiger partial charge in [0.15, 0.2) is 11.6 Å². The summed E-state index contributed by atoms with van der Waals surface area (Å²) in [6, 6.07) is 10.5. The van der Waals surface area contributed by atoms with Gasteiger partial charge in [-0.3, -0.25) is 9.59 Å². The standard InChI is InChI=1S/C21H13ClF2N4O3/c1-25-20(29)13-4-2-3-12(19(13)22)18-15-6-8-17(27-28(15)10-26-21(18)30)31-16-7-5-11(23)9-14(16)24/h2-10H,1H3,(H,25,29). The van der Waals surface area contributed by atoms with E-state index in [1.165, 1.54) is 36.1 Å². The molecule has 0 aliphatic rings.